The molecule has 1 N–H and O–H groups in total. The molecule has 0 bridgehead atoms. The SMILES string of the molecule is COC(=O)NC(=S)N1CC2CCCC2C1. The van der Waals surface area contributed by atoms with E-state index in [2.05, 4.69) is 15.0 Å². The van der Waals surface area contributed by atoms with Crippen LogP contribution in [-0.4, -0.2) is 36.3 Å². The van der Waals surface area contributed by atoms with Crippen molar-refractivity contribution in [2.24, 2.45) is 11.8 Å². The molecule has 0 aromatic carbocycles. The second-order valence-electron chi connectivity index (χ2n) is 4.28. The van der Waals surface area contributed by atoms with E-state index >= 15 is 0 Å². The van der Waals surface area contributed by atoms with E-state index in [1.54, 1.807) is 0 Å². The fourth-order valence-electron chi connectivity index (χ4n) is 2.62. The summed E-state index contributed by atoms with van der Waals surface area (Å²) in [5.74, 6) is 1.56. The van der Waals surface area contributed by atoms with E-state index in [-0.39, 0.29) is 0 Å². The maximum atomic E-state index is 11.0. The highest BCUT2D eigenvalue weighted by molar-refractivity contribution is 7.80. The highest BCUT2D eigenvalue weighted by atomic mass is 32.1. The molecule has 2 rings (SSSR count). The molecule has 1 saturated heterocycles. The average molecular weight is 228 g/mol. The maximum Gasteiger partial charge on any atom is 0.413 e. The Hall–Kier alpha value is -0.840. The van der Waals surface area contributed by atoms with Gasteiger partial charge in [0, 0.05) is 13.1 Å². The molecule has 2 atom stereocenters. The van der Waals surface area contributed by atoms with E-state index < -0.39 is 6.09 Å². The third-order valence-corrected chi connectivity index (χ3v) is 3.77. The highest BCUT2D eigenvalue weighted by Gasteiger charge is 2.37. The number of fused-ring (bicyclic) bond motifs is 1. The fourth-order valence-corrected chi connectivity index (χ4v) is 2.85. The average Bonchev–Trinajstić information content (AvgIpc) is 2.76. The second-order valence-corrected chi connectivity index (χ2v) is 4.66. The van der Waals surface area contributed by atoms with Gasteiger partial charge in [-0.3, -0.25) is 5.32 Å². The summed E-state index contributed by atoms with van der Waals surface area (Å²) < 4.78 is 4.51. The zero-order chi connectivity index (χ0) is 10.8. The number of rotatable bonds is 0. The van der Waals surface area contributed by atoms with Gasteiger partial charge in [-0.25, -0.2) is 4.79 Å². The first-order valence-corrected chi connectivity index (χ1v) is 5.75. The van der Waals surface area contributed by atoms with Gasteiger partial charge in [-0.1, -0.05) is 6.42 Å². The summed E-state index contributed by atoms with van der Waals surface area (Å²) in [6, 6.07) is 0. The van der Waals surface area contributed by atoms with Crippen LogP contribution in [0, 0.1) is 11.8 Å². The van der Waals surface area contributed by atoms with Crippen molar-refractivity contribution in [3.63, 3.8) is 0 Å². The van der Waals surface area contributed by atoms with Crippen LogP contribution in [0.5, 0.6) is 0 Å². The summed E-state index contributed by atoms with van der Waals surface area (Å²) >= 11 is 5.15. The van der Waals surface area contributed by atoms with Crippen LogP contribution in [0.25, 0.3) is 0 Å². The Morgan fingerprint density at radius 2 is 2.00 bits per heavy atom. The molecule has 2 unspecified atom stereocenters. The quantitative estimate of drug-likeness (QED) is 0.636. The van der Waals surface area contributed by atoms with Gasteiger partial charge in [-0.2, -0.15) is 0 Å². The Morgan fingerprint density at radius 3 is 2.53 bits per heavy atom. The van der Waals surface area contributed by atoms with Crippen LogP contribution >= 0.6 is 12.2 Å². The van der Waals surface area contributed by atoms with Crippen molar-refractivity contribution in [3.05, 3.63) is 0 Å². The summed E-state index contributed by atoms with van der Waals surface area (Å²) in [6.07, 6.45) is 3.49. The predicted octanol–water partition coefficient (Wildman–Crippen LogP) is 1.36. The third-order valence-electron chi connectivity index (χ3n) is 3.41. The summed E-state index contributed by atoms with van der Waals surface area (Å²) in [4.78, 5) is 13.1. The number of likely N-dealkylation sites (tertiary alicyclic amines) is 1. The van der Waals surface area contributed by atoms with Gasteiger partial charge >= 0.3 is 6.09 Å². The van der Waals surface area contributed by atoms with E-state index in [0.717, 1.165) is 24.9 Å². The second kappa shape index (κ2) is 4.35. The van der Waals surface area contributed by atoms with Crippen molar-refractivity contribution in [3.8, 4) is 0 Å². The van der Waals surface area contributed by atoms with E-state index in [1.165, 1.54) is 26.4 Å². The van der Waals surface area contributed by atoms with Gasteiger partial charge < -0.3 is 9.64 Å². The molecule has 0 aromatic rings. The molecule has 1 saturated carbocycles. The van der Waals surface area contributed by atoms with Crippen LogP contribution in [0.2, 0.25) is 0 Å². The molecule has 2 fully saturated rings. The summed E-state index contributed by atoms with van der Waals surface area (Å²) in [6.45, 7) is 1.99. The lowest BCUT2D eigenvalue weighted by Gasteiger charge is -2.19. The van der Waals surface area contributed by atoms with E-state index in [1.807, 2.05) is 0 Å². The zero-order valence-corrected chi connectivity index (χ0v) is 9.68. The number of thiocarbonyl (C=S) groups is 1. The molecule has 84 valence electrons. The molecule has 1 aliphatic carbocycles. The summed E-state index contributed by atoms with van der Waals surface area (Å²) in [7, 11) is 1.34. The van der Waals surface area contributed by atoms with Gasteiger partial charge in [0.15, 0.2) is 5.11 Å². The minimum atomic E-state index is -0.475. The number of ether oxygens (including phenoxy) is 1. The van der Waals surface area contributed by atoms with Crippen LogP contribution in [0.3, 0.4) is 0 Å². The van der Waals surface area contributed by atoms with Crippen LogP contribution in [-0.2, 0) is 4.74 Å². The monoisotopic (exact) mass is 228 g/mol. The van der Waals surface area contributed by atoms with Crippen molar-refractivity contribution in [1.29, 1.82) is 0 Å². The molecule has 2 aliphatic rings. The molecule has 4 nitrogen and oxygen atoms in total. The van der Waals surface area contributed by atoms with Gasteiger partial charge in [-0.15, -0.1) is 0 Å². The number of hydrogen-bond donors (Lipinski definition) is 1. The highest BCUT2D eigenvalue weighted by Crippen LogP contribution is 2.37. The number of hydrogen-bond acceptors (Lipinski definition) is 3. The Bertz CT molecular complexity index is 271. The Labute approximate surface area is 95.0 Å². The van der Waals surface area contributed by atoms with Crippen LogP contribution in [0.1, 0.15) is 19.3 Å². The van der Waals surface area contributed by atoms with Crippen molar-refractivity contribution >= 4 is 23.4 Å². The standard InChI is InChI=1S/C10H16N2O2S/c1-14-10(13)11-9(15)12-5-7-3-2-4-8(7)6-12/h7-8H,2-6H2,1H3,(H,11,13,15). The van der Waals surface area contributed by atoms with Crippen LogP contribution < -0.4 is 5.32 Å². The molecule has 15 heavy (non-hydrogen) atoms. The molecule has 5 heteroatoms. The van der Waals surface area contributed by atoms with Crippen LogP contribution in [0.15, 0.2) is 0 Å². The molecule has 1 amide bonds. The number of alkyl carbamates (subject to hydrolysis) is 1. The number of amides is 1. The fraction of sp³-hybridized carbons (Fsp3) is 0.800. The minimum Gasteiger partial charge on any atom is -0.453 e. The lowest BCUT2D eigenvalue weighted by atomic mass is 10.0. The van der Waals surface area contributed by atoms with Gasteiger partial charge in [0.25, 0.3) is 0 Å². The normalized spacial score (nSPS) is 28.7. The van der Waals surface area contributed by atoms with Gasteiger partial charge in [-0.05, 0) is 36.9 Å². The van der Waals surface area contributed by atoms with Crippen molar-refractivity contribution < 1.29 is 9.53 Å². The van der Waals surface area contributed by atoms with Crippen molar-refractivity contribution in [2.45, 2.75) is 19.3 Å². The number of nitrogens with zero attached hydrogens (tertiary/aromatic N) is 1. The van der Waals surface area contributed by atoms with Gasteiger partial charge in [0.1, 0.15) is 0 Å². The smallest absolute Gasteiger partial charge is 0.413 e. The predicted molar refractivity (Wildman–Crippen MR) is 60.5 cm³/mol. The molecule has 1 heterocycles. The Kier molecular flexibility index (Phi) is 3.09. The third kappa shape index (κ3) is 2.22. The van der Waals surface area contributed by atoms with Gasteiger partial charge in [0.2, 0.25) is 0 Å². The topological polar surface area (TPSA) is 41.6 Å². The largest absolute Gasteiger partial charge is 0.453 e. The first-order chi connectivity index (χ1) is 7.20. The summed E-state index contributed by atoms with van der Waals surface area (Å²) in [5.41, 5.74) is 0. The Morgan fingerprint density at radius 1 is 1.40 bits per heavy atom. The minimum absolute atomic E-state index is 0.475. The van der Waals surface area contributed by atoms with Crippen molar-refractivity contribution in [1.82, 2.24) is 10.2 Å². The first kappa shape index (κ1) is 10.7. The lowest BCUT2D eigenvalue weighted by Crippen LogP contribution is -2.41. The van der Waals surface area contributed by atoms with E-state index in [0.29, 0.717) is 5.11 Å². The molecular formula is C10H16N2O2S. The number of methoxy groups -OCH3 is 1. The van der Waals surface area contributed by atoms with E-state index in [9.17, 15) is 4.79 Å². The number of nitrogens with one attached hydrogen (secondary N) is 1. The Balaban J connectivity index is 1.85. The molecule has 0 radical (unpaired) electrons. The number of carbonyl (C=O) groups is 1. The molecule has 0 spiro atoms. The van der Waals surface area contributed by atoms with Crippen molar-refractivity contribution in [2.75, 3.05) is 20.2 Å². The number of carbonyl (C=O) groups excluding carboxylic acids is 1. The lowest BCUT2D eigenvalue weighted by molar-refractivity contribution is 0.176. The molecule has 0 aromatic heterocycles. The first-order valence-electron chi connectivity index (χ1n) is 5.34. The van der Waals surface area contributed by atoms with E-state index in [4.69, 9.17) is 12.2 Å². The van der Waals surface area contributed by atoms with Gasteiger partial charge in [0.05, 0.1) is 7.11 Å². The van der Waals surface area contributed by atoms with Crippen LogP contribution in [0.4, 0.5) is 4.79 Å². The summed E-state index contributed by atoms with van der Waals surface area (Å²) in [5, 5.41) is 3.07. The maximum absolute atomic E-state index is 11.0. The molecular weight excluding hydrogens is 212 g/mol. The zero-order valence-electron chi connectivity index (χ0n) is 8.86. The molecule has 1 aliphatic heterocycles.